The molecule has 1 saturated carbocycles. The van der Waals surface area contributed by atoms with Gasteiger partial charge in [0, 0.05) is 6.42 Å². The monoisotopic (exact) mass is 220 g/mol. The Labute approximate surface area is 97.0 Å². The Hall–Kier alpha value is -1.25. The predicted molar refractivity (Wildman–Crippen MR) is 64.5 cm³/mol. The zero-order valence-corrected chi connectivity index (χ0v) is 9.83. The number of hydrogen-bond acceptors (Lipinski definition) is 2. The van der Waals surface area contributed by atoms with Crippen LogP contribution in [0.2, 0.25) is 0 Å². The maximum absolute atomic E-state index is 11.8. The summed E-state index contributed by atoms with van der Waals surface area (Å²) in [7, 11) is 0. The topological polar surface area (TPSA) is 41.1 Å². The minimum atomic E-state index is -0.0288. The fourth-order valence-electron chi connectivity index (χ4n) is 2.44. The Kier molecular flexibility index (Phi) is 3.65. The maximum atomic E-state index is 11.8. The van der Waals surface area contributed by atoms with Gasteiger partial charge in [0.1, 0.15) is 6.17 Å². The summed E-state index contributed by atoms with van der Waals surface area (Å²) in [5, 5.41) is 6.11. The van der Waals surface area contributed by atoms with Crippen LogP contribution < -0.4 is 10.6 Å². The number of allylic oxidation sites excluding steroid dienone is 2. The van der Waals surface area contributed by atoms with Crippen LogP contribution in [0.15, 0.2) is 23.9 Å². The van der Waals surface area contributed by atoms with Gasteiger partial charge in [0.25, 0.3) is 0 Å². The first-order chi connectivity index (χ1) is 7.74. The molecule has 88 valence electrons. The van der Waals surface area contributed by atoms with Crippen molar-refractivity contribution >= 4 is 5.91 Å². The molecule has 0 aromatic rings. The number of dihydropyridines is 1. The van der Waals surface area contributed by atoms with Crippen LogP contribution in [-0.4, -0.2) is 12.1 Å². The minimum absolute atomic E-state index is 0.0288. The summed E-state index contributed by atoms with van der Waals surface area (Å²) in [5.41, 5.74) is 1.19. The largest absolute Gasteiger partial charge is 0.368 e. The lowest BCUT2D eigenvalue weighted by atomic mass is 10.0. The molecule has 1 fully saturated rings. The molecule has 1 heterocycles. The third-order valence-electron chi connectivity index (χ3n) is 3.32. The van der Waals surface area contributed by atoms with Crippen molar-refractivity contribution in [1.29, 1.82) is 0 Å². The Morgan fingerprint density at radius 1 is 1.50 bits per heavy atom. The van der Waals surface area contributed by atoms with E-state index in [1.54, 1.807) is 0 Å². The van der Waals surface area contributed by atoms with Crippen LogP contribution in [0.25, 0.3) is 0 Å². The van der Waals surface area contributed by atoms with E-state index in [2.05, 4.69) is 10.6 Å². The van der Waals surface area contributed by atoms with Crippen molar-refractivity contribution in [1.82, 2.24) is 10.6 Å². The van der Waals surface area contributed by atoms with Crippen LogP contribution in [0.1, 0.15) is 39.0 Å². The van der Waals surface area contributed by atoms with E-state index in [1.165, 1.54) is 31.3 Å². The number of carbonyl (C=O) groups is 1. The van der Waals surface area contributed by atoms with Crippen molar-refractivity contribution in [3.8, 4) is 0 Å². The number of carbonyl (C=O) groups excluding carboxylic acids is 1. The predicted octanol–water partition coefficient (Wildman–Crippen LogP) is 2.07. The number of nitrogens with one attached hydrogen (secondary N) is 2. The molecular formula is C13H20N2O. The fourth-order valence-corrected chi connectivity index (χ4v) is 2.44. The maximum Gasteiger partial charge on any atom is 0.222 e. The van der Waals surface area contributed by atoms with Crippen molar-refractivity contribution in [2.45, 2.75) is 45.2 Å². The molecule has 3 nitrogen and oxygen atoms in total. The van der Waals surface area contributed by atoms with Crippen molar-refractivity contribution in [2.75, 3.05) is 0 Å². The highest BCUT2D eigenvalue weighted by atomic mass is 16.1. The number of rotatable bonds is 3. The zero-order valence-electron chi connectivity index (χ0n) is 9.83. The second-order valence-corrected chi connectivity index (χ2v) is 4.81. The first-order valence-electron chi connectivity index (χ1n) is 6.14. The lowest BCUT2D eigenvalue weighted by Crippen LogP contribution is -2.43. The molecule has 0 spiro atoms. The Bertz CT molecular complexity index is 314. The first kappa shape index (κ1) is 11.2. The summed E-state index contributed by atoms with van der Waals surface area (Å²) in [5.74, 6) is 0.785. The summed E-state index contributed by atoms with van der Waals surface area (Å²) in [6.07, 6.45) is 11.6. The van der Waals surface area contributed by atoms with Crippen LogP contribution in [0.5, 0.6) is 0 Å². The minimum Gasteiger partial charge on any atom is -0.368 e. The van der Waals surface area contributed by atoms with E-state index in [-0.39, 0.29) is 12.1 Å². The van der Waals surface area contributed by atoms with E-state index in [0.717, 1.165) is 0 Å². The molecule has 0 aromatic carbocycles. The summed E-state index contributed by atoms with van der Waals surface area (Å²) >= 11 is 0. The van der Waals surface area contributed by atoms with E-state index in [9.17, 15) is 4.79 Å². The van der Waals surface area contributed by atoms with E-state index < -0.39 is 0 Å². The fraction of sp³-hybridized carbons (Fsp3) is 0.615. The van der Waals surface area contributed by atoms with E-state index in [1.807, 2.05) is 25.3 Å². The standard InChI is InChI=1S/C13H20N2O/c1-10-6-7-14-12(8-10)15-13(16)9-11-4-2-3-5-11/h6-8,11-12,14H,2-5,9H2,1H3,(H,15,16). The molecule has 1 aliphatic carbocycles. The Morgan fingerprint density at radius 2 is 2.25 bits per heavy atom. The lowest BCUT2D eigenvalue weighted by Gasteiger charge is -2.20. The number of hydrogen-bond donors (Lipinski definition) is 2. The van der Waals surface area contributed by atoms with Gasteiger partial charge < -0.3 is 10.6 Å². The average molecular weight is 220 g/mol. The van der Waals surface area contributed by atoms with Crippen molar-refractivity contribution in [3.63, 3.8) is 0 Å². The van der Waals surface area contributed by atoms with Crippen molar-refractivity contribution in [2.24, 2.45) is 5.92 Å². The molecule has 2 rings (SSSR count). The molecular weight excluding hydrogens is 200 g/mol. The second kappa shape index (κ2) is 5.19. The van der Waals surface area contributed by atoms with E-state index >= 15 is 0 Å². The zero-order chi connectivity index (χ0) is 11.4. The van der Waals surface area contributed by atoms with Gasteiger partial charge in [-0.15, -0.1) is 0 Å². The first-order valence-corrected chi connectivity index (χ1v) is 6.14. The summed E-state index contributed by atoms with van der Waals surface area (Å²) in [6.45, 7) is 2.04. The van der Waals surface area contributed by atoms with Crippen LogP contribution in [0.3, 0.4) is 0 Å². The quantitative estimate of drug-likeness (QED) is 0.764. The molecule has 1 amide bonds. The molecule has 16 heavy (non-hydrogen) atoms. The summed E-state index contributed by atoms with van der Waals surface area (Å²) in [6, 6.07) is 0. The van der Waals surface area contributed by atoms with Gasteiger partial charge in [0.2, 0.25) is 5.91 Å². The molecule has 0 aromatic heterocycles. The molecule has 1 aliphatic heterocycles. The van der Waals surface area contributed by atoms with Crippen LogP contribution in [0, 0.1) is 5.92 Å². The molecule has 1 unspecified atom stereocenters. The lowest BCUT2D eigenvalue weighted by molar-refractivity contribution is -0.122. The SMILES string of the molecule is CC1=CC(NC(=O)CC2CCCC2)NC=C1. The smallest absolute Gasteiger partial charge is 0.222 e. The second-order valence-electron chi connectivity index (χ2n) is 4.81. The highest BCUT2D eigenvalue weighted by Crippen LogP contribution is 2.27. The van der Waals surface area contributed by atoms with Gasteiger partial charge in [-0.25, -0.2) is 0 Å². The van der Waals surface area contributed by atoms with Crippen LogP contribution in [-0.2, 0) is 4.79 Å². The van der Waals surface area contributed by atoms with Gasteiger partial charge in [-0.05, 0) is 49.6 Å². The van der Waals surface area contributed by atoms with Crippen molar-refractivity contribution < 1.29 is 4.79 Å². The molecule has 3 heteroatoms. The van der Waals surface area contributed by atoms with Gasteiger partial charge >= 0.3 is 0 Å². The average Bonchev–Trinajstić information content (AvgIpc) is 2.70. The Morgan fingerprint density at radius 3 is 2.94 bits per heavy atom. The van der Waals surface area contributed by atoms with Gasteiger partial charge in [-0.1, -0.05) is 12.8 Å². The highest BCUT2D eigenvalue weighted by molar-refractivity contribution is 5.76. The Balaban J connectivity index is 1.76. The third kappa shape index (κ3) is 3.12. The number of amides is 1. The molecule has 1 atom stereocenters. The van der Waals surface area contributed by atoms with Gasteiger partial charge in [-0.2, -0.15) is 0 Å². The highest BCUT2D eigenvalue weighted by Gasteiger charge is 2.19. The van der Waals surface area contributed by atoms with E-state index in [4.69, 9.17) is 0 Å². The molecule has 0 radical (unpaired) electrons. The molecule has 2 aliphatic rings. The summed E-state index contributed by atoms with van der Waals surface area (Å²) < 4.78 is 0. The van der Waals surface area contributed by atoms with Crippen LogP contribution in [0.4, 0.5) is 0 Å². The summed E-state index contributed by atoms with van der Waals surface area (Å²) in [4.78, 5) is 11.8. The van der Waals surface area contributed by atoms with Crippen molar-refractivity contribution in [3.05, 3.63) is 23.9 Å². The normalized spacial score (nSPS) is 25.1. The van der Waals surface area contributed by atoms with Gasteiger partial charge in [0.15, 0.2) is 0 Å². The molecule has 0 bridgehead atoms. The molecule has 2 N–H and O–H groups in total. The van der Waals surface area contributed by atoms with Gasteiger partial charge in [0.05, 0.1) is 0 Å². The van der Waals surface area contributed by atoms with Gasteiger partial charge in [-0.3, -0.25) is 4.79 Å². The van der Waals surface area contributed by atoms with E-state index in [0.29, 0.717) is 12.3 Å². The third-order valence-corrected chi connectivity index (χ3v) is 3.32. The molecule has 0 saturated heterocycles. The van der Waals surface area contributed by atoms with Crippen LogP contribution >= 0.6 is 0 Å².